The molecule has 1 aromatic rings. The third-order valence-corrected chi connectivity index (χ3v) is 9.28. The summed E-state index contributed by atoms with van der Waals surface area (Å²) in [6.07, 6.45) is 9.52. The van der Waals surface area contributed by atoms with E-state index < -0.39 is 10.0 Å². The molecule has 2 amide bonds. The molecule has 2 atom stereocenters. The minimum Gasteiger partial charge on any atom is -0.339 e. The number of nitrogens with zero attached hydrogens (tertiary/aromatic N) is 2. The van der Waals surface area contributed by atoms with Gasteiger partial charge in [-0.25, -0.2) is 8.42 Å². The van der Waals surface area contributed by atoms with E-state index in [9.17, 15) is 18.0 Å². The number of benzene rings is 1. The van der Waals surface area contributed by atoms with Crippen molar-refractivity contribution >= 4 is 27.5 Å². The number of hydrogen-bond acceptors (Lipinski definition) is 4. The van der Waals surface area contributed by atoms with Gasteiger partial charge in [-0.2, -0.15) is 4.31 Å². The smallest absolute Gasteiger partial charge is 0.243 e. The van der Waals surface area contributed by atoms with Crippen molar-refractivity contribution < 1.29 is 18.0 Å². The van der Waals surface area contributed by atoms with Gasteiger partial charge in [-0.3, -0.25) is 9.59 Å². The van der Waals surface area contributed by atoms with Crippen LogP contribution < -0.4 is 5.32 Å². The van der Waals surface area contributed by atoms with E-state index in [1.165, 1.54) is 6.42 Å². The van der Waals surface area contributed by atoms with E-state index in [1.54, 1.807) is 28.6 Å². The fraction of sp³-hybridized carbons (Fsp3) is 0.667. The highest BCUT2D eigenvalue weighted by atomic mass is 32.2. The second kappa shape index (κ2) is 9.91. The molecular formula is C24H35N3O4S. The molecule has 2 saturated heterocycles. The van der Waals surface area contributed by atoms with Crippen molar-refractivity contribution in [3.8, 4) is 0 Å². The number of anilines is 1. The van der Waals surface area contributed by atoms with Crippen molar-refractivity contribution in [1.82, 2.24) is 9.21 Å². The molecule has 0 aromatic heterocycles. The molecule has 0 bridgehead atoms. The van der Waals surface area contributed by atoms with Crippen LogP contribution in [0.15, 0.2) is 29.2 Å². The summed E-state index contributed by atoms with van der Waals surface area (Å²) >= 11 is 0. The largest absolute Gasteiger partial charge is 0.339 e. The summed E-state index contributed by atoms with van der Waals surface area (Å²) in [5.41, 5.74) is 0.559. The molecule has 0 radical (unpaired) electrons. The van der Waals surface area contributed by atoms with Crippen LogP contribution >= 0.6 is 0 Å². The highest BCUT2D eigenvalue weighted by Crippen LogP contribution is 2.30. The average Bonchev–Trinajstić information content (AvgIpc) is 3.21. The normalized spacial score (nSPS) is 25.8. The van der Waals surface area contributed by atoms with Crippen LogP contribution in [0.2, 0.25) is 0 Å². The van der Waals surface area contributed by atoms with Gasteiger partial charge in [0.1, 0.15) is 0 Å². The molecule has 3 fully saturated rings. The molecular weight excluding hydrogens is 426 g/mol. The highest BCUT2D eigenvalue weighted by Gasteiger charge is 2.38. The van der Waals surface area contributed by atoms with Gasteiger partial charge in [0.15, 0.2) is 0 Å². The Morgan fingerprint density at radius 2 is 1.72 bits per heavy atom. The molecule has 2 aliphatic heterocycles. The second-order valence-corrected chi connectivity index (χ2v) is 11.3. The Morgan fingerprint density at radius 3 is 2.41 bits per heavy atom. The van der Waals surface area contributed by atoms with Crippen LogP contribution in [0.1, 0.15) is 71.1 Å². The van der Waals surface area contributed by atoms with Crippen LogP contribution in [-0.4, -0.2) is 54.6 Å². The molecule has 8 heteroatoms. The lowest BCUT2D eigenvalue weighted by atomic mass is 9.94. The molecule has 1 saturated carbocycles. The Kier molecular flexibility index (Phi) is 7.20. The third kappa shape index (κ3) is 4.86. The Morgan fingerprint density at radius 1 is 1.03 bits per heavy atom. The lowest BCUT2D eigenvalue weighted by Gasteiger charge is -2.34. The van der Waals surface area contributed by atoms with Gasteiger partial charge in [-0.05, 0) is 56.4 Å². The first-order valence-corrected chi connectivity index (χ1v) is 13.6. The molecule has 1 aromatic carbocycles. The van der Waals surface area contributed by atoms with Crippen LogP contribution in [0, 0.1) is 5.92 Å². The molecule has 176 valence electrons. The van der Waals surface area contributed by atoms with E-state index in [0.29, 0.717) is 18.8 Å². The molecule has 32 heavy (non-hydrogen) atoms. The number of carbonyl (C=O) groups is 2. The fourth-order valence-corrected chi connectivity index (χ4v) is 7.21. The van der Waals surface area contributed by atoms with Gasteiger partial charge >= 0.3 is 0 Å². The number of sulfonamides is 1. The van der Waals surface area contributed by atoms with Gasteiger partial charge in [0.25, 0.3) is 0 Å². The average molecular weight is 462 g/mol. The molecule has 7 nitrogen and oxygen atoms in total. The van der Waals surface area contributed by atoms with Gasteiger partial charge in [0.05, 0.1) is 10.8 Å². The third-order valence-electron chi connectivity index (χ3n) is 7.32. The SMILES string of the molecule is CC[C@@H]1CCCCN1S(=O)(=O)c1ccc(NC(=O)[C@@H]2CC(=O)N(C3CCCCC3)C2)cc1. The lowest BCUT2D eigenvalue weighted by Crippen LogP contribution is -2.43. The molecule has 2 heterocycles. The molecule has 0 unspecified atom stereocenters. The molecule has 4 rings (SSSR count). The van der Waals surface area contributed by atoms with Crippen LogP contribution in [0.25, 0.3) is 0 Å². The maximum absolute atomic E-state index is 13.1. The fourth-order valence-electron chi connectivity index (χ4n) is 5.44. The first kappa shape index (κ1) is 23.2. The zero-order valence-electron chi connectivity index (χ0n) is 19.0. The maximum atomic E-state index is 13.1. The predicted octanol–water partition coefficient (Wildman–Crippen LogP) is 3.76. The minimum absolute atomic E-state index is 0.0557. The Hall–Kier alpha value is -1.93. The number of likely N-dealkylation sites (tertiary alicyclic amines) is 1. The molecule has 3 aliphatic rings. The first-order chi connectivity index (χ1) is 15.4. The number of carbonyl (C=O) groups excluding carboxylic acids is 2. The molecule has 1 N–H and O–H groups in total. The van der Waals surface area contributed by atoms with E-state index in [4.69, 9.17) is 0 Å². The number of hydrogen-bond donors (Lipinski definition) is 1. The number of nitrogens with one attached hydrogen (secondary N) is 1. The topological polar surface area (TPSA) is 86.8 Å². The predicted molar refractivity (Wildman–Crippen MR) is 124 cm³/mol. The van der Waals surface area contributed by atoms with E-state index in [0.717, 1.165) is 51.4 Å². The first-order valence-electron chi connectivity index (χ1n) is 12.1. The highest BCUT2D eigenvalue weighted by molar-refractivity contribution is 7.89. The van der Waals surface area contributed by atoms with Gasteiger partial charge in [-0.15, -0.1) is 0 Å². The Balaban J connectivity index is 1.38. The van der Waals surface area contributed by atoms with Gasteiger partial charge in [-0.1, -0.05) is 32.6 Å². The van der Waals surface area contributed by atoms with Crippen molar-refractivity contribution in [1.29, 1.82) is 0 Å². The zero-order valence-corrected chi connectivity index (χ0v) is 19.8. The summed E-state index contributed by atoms with van der Waals surface area (Å²) in [6.45, 7) is 3.07. The monoisotopic (exact) mass is 461 g/mol. The van der Waals surface area contributed by atoms with Crippen LogP contribution in [-0.2, 0) is 19.6 Å². The number of piperidine rings is 1. The number of amides is 2. The summed E-state index contributed by atoms with van der Waals surface area (Å²) < 4.78 is 27.9. The standard InChI is InChI=1S/C24H35N3O4S/c1-2-20-8-6-7-15-27(20)32(30,31)22-13-11-19(12-14-22)25-24(29)18-16-23(28)26(17-18)21-9-4-3-5-10-21/h11-14,18,20-21H,2-10,15-17H2,1H3,(H,25,29)/t18-,20-/m1/s1. The van der Waals surface area contributed by atoms with Crippen LogP contribution in [0.3, 0.4) is 0 Å². The molecule has 1 aliphatic carbocycles. The summed E-state index contributed by atoms with van der Waals surface area (Å²) in [5, 5.41) is 2.88. The van der Waals surface area contributed by atoms with Crippen molar-refractivity contribution in [3.05, 3.63) is 24.3 Å². The summed E-state index contributed by atoms with van der Waals surface area (Å²) in [6, 6.07) is 6.76. The zero-order chi connectivity index (χ0) is 22.7. The van der Waals surface area contributed by atoms with Crippen LogP contribution in [0.5, 0.6) is 0 Å². The van der Waals surface area contributed by atoms with Gasteiger partial charge in [0.2, 0.25) is 21.8 Å². The number of rotatable bonds is 6. The summed E-state index contributed by atoms with van der Waals surface area (Å²) in [7, 11) is -3.54. The van der Waals surface area contributed by atoms with Gasteiger partial charge < -0.3 is 10.2 Å². The van der Waals surface area contributed by atoms with Crippen molar-refractivity contribution in [3.63, 3.8) is 0 Å². The quantitative estimate of drug-likeness (QED) is 0.699. The van der Waals surface area contributed by atoms with E-state index in [2.05, 4.69) is 5.32 Å². The molecule has 0 spiro atoms. The minimum atomic E-state index is -3.54. The van der Waals surface area contributed by atoms with Crippen LogP contribution in [0.4, 0.5) is 5.69 Å². The van der Waals surface area contributed by atoms with E-state index >= 15 is 0 Å². The van der Waals surface area contributed by atoms with Crippen molar-refractivity contribution in [2.24, 2.45) is 5.92 Å². The second-order valence-electron chi connectivity index (χ2n) is 9.43. The van der Waals surface area contributed by atoms with Crippen molar-refractivity contribution in [2.45, 2.75) is 88.1 Å². The Bertz CT molecular complexity index is 925. The van der Waals surface area contributed by atoms with Crippen molar-refractivity contribution in [2.75, 3.05) is 18.4 Å². The van der Waals surface area contributed by atoms with E-state index in [-0.39, 0.29) is 41.1 Å². The van der Waals surface area contributed by atoms with Gasteiger partial charge in [0, 0.05) is 37.3 Å². The van der Waals surface area contributed by atoms with E-state index in [1.807, 2.05) is 11.8 Å². The Labute approximate surface area is 191 Å². The summed E-state index contributed by atoms with van der Waals surface area (Å²) in [4.78, 5) is 27.4. The summed E-state index contributed by atoms with van der Waals surface area (Å²) in [5.74, 6) is -0.452. The lowest BCUT2D eigenvalue weighted by molar-refractivity contribution is -0.130. The maximum Gasteiger partial charge on any atom is 0.243 e.